The van der Waals surface area contributed by atoms with Gasteiger partial charge in [0.15, 0.2) is 0 Å². The Bertz CT molecular complexity index is 475. The van der Waals surface area contributed by atoms with Crippen LogP contribution in [0.15, 0.2) is 18.3 Å². The van der Waals surface area contributed by atoms with E-state index in [1.165, 1.54) is 18.3 Å². The van der Waals surface area contributed by atoms with Crippen LogP contribution in [0.2, 0.25) is 0 Å². The fraction of sp³-hybridized carbons (Fsp3) is 0.364. The third kappa shape index (κ3) is 5.96. The van der Waals surface area contributed by atoms with E-state index < -0.39 is 22.8 Å². The lowest BCUT2D eigenvalue weighted by Gasteiger charge is -2.06. The second kappa shape index (κ2) is 7.47. The number of hydrogen-bond acceptors (Lipinski definition) is 4. The Labute approximate surface area is 112 Å². The molecule has 0 saturated carbocycles. The zero-order chi connectivity index (χ0) is 14.3. The first kappa shape index (κ1) is 15.1. The number of pyridine rings is 1. The van der Waals surface area contributed by atoms with Crippen molar-refractivity contribution in [1.82, 2.24) is 10.3 Å². The van der Waals surface area contributed by atoms with Crippen LogP contribution in [0.4, 0.5) is 10.5 Å². The second-order valence-electron chi connectivity index (χ2n) is 3.75. The molecule has 1 atom stereocenters. The molecule has 0 saturated heterocycles. The average molecular weight is 285 g/mol. The SMILES string of the molecule is CS(=O)CCCNC(=O)Nc1ccc(C(=O)O)nc1. The average Bonchev–Trinajstić information content (AvgIpc) is 2.35. The lowest BCUT2D eigenvalue weighted by molar-refractivity contribution is 0.0690. The molecule has 0 aliphatic carbocycles. The maximum absolute atomic E-state index is 11.4. The molecule has 0 aliphatic rings. The van der Waals surface area contributed by atoms with Gasteiger partial charge in [-0.3, -0.25) is 4.21 Å². The zero-order valence-electron chi connectivity index (χ0n) is 10.4. The molecule has 104 valence electrons. The Morgan fingerprint density at radius 1 is 1.42 bits per heavy atom. The number of nitrogens with zero attached hydrogens (tertiary/aromatic N) is 1. The van der Waals surface area contributed by atoms with Crippen LogP contribution in [0.1, 0.15) is 16.9 Å². The Hall–Kier alpha value is -1.96. The van der Waals surface area contributed by atoms with E-state index >= 15 is 0 Å². The molecule has 0 radical (unpaired) electrons. The Morgan fingerprint density at radius 2 is 2.16 bits per heavy atom. The first-order chi connectivity index (χ1) is 8.99. The maximum atomic E-state index is 11.4. The number of carbonyl (C=O) groups excluding carboxylic acids is 1. The number of urea groups is 1. The minimum Gasteiger partial charge on any atom is -0.477 e. The van der Waals surface area contributed by atoms with Crippen LogP contribution >= 0.6 is 0 Å². The lowest BCUT2D eigenvalue weighted by atomic mass is 10.3. The summed E-state index contributed by atoms with van der Waals surface area (Å²) in [6.07, 6.45) is 3.51. The van der Waals surface area contributed by atoms with E-state index in [9.17, 15) is 13.8 Å². The molecule has 1 rings (SSSR count). The van der Waals surface area contributed by atoms with Crippen LogP contribution in [0.3, 0.4) is 0 Å². The van der Waals surface area contributed by atoms with Crippen molar-refractivity contribution < 1.29 is 18.9 Å². The number of carboxylic acids is 1. The molecule has 0 fully saturated rings. The van der Waals surface area contributed by atoms with Crippen molar-refractivity contribution in [3.63, 3.8) is 0 Å². The smallest absolute Gasteiger partial charge is 0.354 e. The molecule has 0 bridgehead atoms. The van der Waals surface area contributed by atoms with Crippen molar-refractivity contribution in [2.45, 2.75) is 6.42 Å². The van der Waals surface area contributed by atoms with Gasteiger partial charge < -0.3 is 15.7 Å². The summed E-state index contributed by atoms with van der Waals surface area (Å²) in [5, 5.41) is 13.8. The number of carboxylic acid groups (broad SMARTS) is 1. The van der Waals surface area contributed by atoms with Crippen molar-refractivity contribution in [3.8, 4) is 0 Å². The topological polar surface area (TPSA) is 108 Å². The quantitative estimate of drug-likeness (QED) is 0.666. The number of aromatic nitrogens is 1. The molecule has 1 aromatic rings. The van der Waals surface area contributed by atoms with E-state index in [1.54, 1.807) is 6.26 Å². The molecule has 3 N–H and O–H groups in total. The van der Waals surface area contributed by atoms with E-state index in [-0.39, 0.29) is 5.69 Å². The van der Waals surface area contributed by atoms with Gasteiger partial charge in [0.1, 0.15) is 5.69 Å². The van der Waals surface area contributed by atoms with Crippen LogP contribution < -0.4 is 10.6 Å². The number of aromatic carboxylic acids is 1. The monoisotopic (exact) mass is 285 g/mol. The fourth-order valence-electron chi connectivity index (χ4n) is 1.25. The van der Waals surface area contributed by atoms with Gasteiger partial charge in [-0.25, -0.2) is 14.6 Å². The van der Waals surface area contributed by atoms with Crippen molar-refractivity contribution in [2.24, 2.45) is 0 Å². The van der Waals surface area contributed by atoms with E-state index in [4.69, 9.17) is 5.11 Å². The van der Waals surface area contributed by atoms with Gasteiger partial charge >= 0.3 is 12.0 Å². The highest BCUT2D eigenvalue weighted by Crippen LogP contribution is 2.05. The third-order valence-electron chi connectivity index (χ3n) is 2.13. The zero-order valence-corrected chi connectivity index (χ0v) is 11.2. The summed E-state index contributed by atoms with van der Waals surface area (Å²) >= 11 is 0. The van der Waals surface area contributed by atoms with E-state index in [2.05, 4.69) is 15.6 Å². The Kier molecular flexibility index (Phi) is 5.94. The third-order valence-corrected chi connectivity index (χ3v) is 3.00. The van der Waals surface area contributed by atoms with Crippen LogP contribution in [0.5, 0.6) is 0 Å². The molecule has 0 aliphatic heterocycles. The number of carbonyl (C=O) groups is 2. The summed E-state index contributed by atoms with van der Waals surface area (Å²) in [7, 11) is -0.863. The van der Waals surface area contributed by atoms with Gasteiger partial charge in [-0.2, -0.15) is 0 Å². The molecule has 0 spiro atoms. The highest BCUT2D eigenvalue weighted by molar-refractivity contribution is 7.84. The maximum Gasteiger partial charge on any atom is 0.354 e. The molecule has 1 unspecified atom stereocenters. The van der Waals surface area contributed by atoms with E-state index in [1.807, 2.05) is 0 Å². The van der Waals surface area contributed by atoms with Gasteiger partial charge in [0.05, 0.1) is 11.9 Å². The van der Waals surface area contributed by atoms with Gasteiger partial charge in [0.25, 0.3) is 0 Å². The van der Waals surface area contributed by atoms with Gasteiger partial charge in [0, 0.05) is 29.4 Å². The summed E-state index contributed by atoms with van der Waals surface area (Å²) < 4.78 is 10.8. The van der Waals surface area contributed by atoms with Crippen LogP contribution in [0, 0.1) is 0 Å². The molecule has 8 heteroatoms. The molecule has 19 heavy (non-hydrogen) atoms. The predicted octanol–water partition coefficient (Wildman–Crippen LogP) is 0.670. The van der Waals surface area contributed by atoms with Crippen LogP contribution in [0.25, 0.3) is 0 Å². The molecule has 1 aromatic heterocycles. The van der Waals surface area contributed by atoms with Crippen molar-refractivity contribution in [3.05, 3.63) is 24.0 Å². The van der Waals surface area contributed by atoms with Crippen molar-refractivity contribution in [1.29, 1.82) is 0 Å². The Balaban J connectivity index is 2.35. The number of rotatable bonds is 6. The normalized spacial score (nSPS) is 11.6. The summed E-state index contributed by atoms with van der Waals surface area (Å²) in [5.74, 6) is -0.585. The first-order valence-electron chi connectivity index (χ1n) is 5.53. The summed E-state index contributed by atoms with van der Waals surface area (Å²) in [5.41, 5.74) is 0.318. The molecule has 7 nitrogen and oxygen atoms in total. The lowest BCUT2D eigenvalue weighted by Crippen LogP contribution is -2.30. The highest BCUT2D eigenvalue weighted by atomic mass is 32.2. The molecule has 2 amide bonds. The predicted molar refractivity (Wildman–Crippen MR) is 71.8 cm³/mol. The largest absolute Gasteiger partial charge is 0.477 e. The second-order valence-corrected chi connectivity index (χ2v) is 5.30. The van der Waals surface area contributed by atoms with Gasteiger partial charge in [-0.15, -0.1) is 0 Å². The molecule has 0 aromatic carbocycles. The van der Waals surface area contributed by atoms with Crippen molar-refractivity contribution >= 4 is 28.5 Å². The number of hydrogen-bond donors (Lipinski definition) is 3. The number of amides is 2. The van der Waals surface area contributed by atoms with Gasteiger partial charge in [0.2, 0.25) is 0 Å². The Morgan fingerprint density at radius 3 is 2.68 bits per heavy atom. The van der Waals surface area contributed by atoms with Crippen molar-refractivity contribution in [2.75, 3.05) is 23.9 Å². The minimum absolute atomic E-state index is 0.0867. The molecule has 1 heterocycles. The number of anilines is 1. The standard InChI is InChI=1S/C11H15N3O4S/c1-19(18)6-2-5-12-11(17)14-8-3-4-9(10(15)16)13-7-8/h3-4,7H,2,5-6H2,1H3,(H,15,16)(H2,12,14,17). The highest BCUT2D eigenvalue weighted by Gasteiger charge is 2.05. The fourth-order valence-corrected chi connectivity index (χ4v) is 1.80. The summed E-state index contributed by atoms with van der Waals surface area (Å²) in [4.78, 5) is 25.7. The number of nitrogens with one attached hydrogen (secondary N) is 2. The summed E-state index contributed by atoms with van der Waals surface area (Å²) in [6, 6.07) is 2.35. The van der Waals surface area contributed by atoms with E-state index in [0.717, 1.165) is 0 Å². The first-order valence-corrected chi connectivity index (χ1v) is 7.26. The van der Waals surface area contributed by atoms with Gasteiger partial charge in [-0.05, 0) is 18.6 Å². The molecular weight excluding hydrogens is 270 g/mol. The van der Waals surface area contributed by atoms with Crippen LogP contribution in [-0.4, -0.2) is 44.9 Å². The van der Waals surface area contributed by atoms with E-state index in [0.29, 0.717) is 24.4 Å². The van der Waals surface area contributed by atoms with Gasteiger partial charge in [-0.1, -0.05) is 0 Å². The molecular formula is C11H15N3O4S. The minimum atomic E-state index is -1.12. The van der Waals surface area contributed by atoms with Crippen LogP contribution in [-0.2, 0) is 10.8 Å². The summed E-state index contributed by atoms with van der Waals surface area (Å²) in [6.45, 7) is 0.423.